The highest BCUT2D eigenvalue weighted by Gasteiger charge is 2.24. The fourth-order valence-electron chi connectivity index (χ4n) is 1.82. The van der Waals surface area contributed by atoms with Crippen LogP contribution < -0.4 is 5.32 Å². The summed E-state index contributed by atoms with van der Waals surface area (Å²) in [5.74, 6) is -0.0250. The highest BCUT2D eigenvalue weighted by atomic mass is 16.3. The summed E-state index contributed by atoms with van der Waals surface area (Å²) in [7, 11) is 0. The van der Waals surface area contributed by atoms with Gasteiger partial charge >= 0.3 is 0 Å². The lowest BCUT2D eigenvalue weighted by molar-refractivity contribution is 0.0885. The van der Waals surface area contributed by atoms with Crippen molar-refractivity contribution in [2.75, 3.05) is 6.61 Å². The number of hydrogen-bond donors (Lipinski definition) is 3. The molecule has 0 radical (unpaired) electrons. The number of aliphatic hydroxyl groups excluding tert-OH is 1. The summed E-state index contributed by atoms with van der Waals surface area (Å²) in [5.41, 5.74) is 0.872. The molecule has 18 heavy (non-hydrogen) atoms. The van der Waals surface area contributed by atoms with Gasteiger partial charge in [-0.25, -0.2) is 0 Å². The van der Waals surface area contributed by atoms with Crippen molar-refractivity contribution in [3.05, 3.63) is 29.3 Å². The summed E-state index contributed by atoms with van der Waals surface area (Å²) in [6, 6.07) is 4.66. The predicted octanol–water partition coefficient (Wildman–Crippen LogP) is 1.98. The number of rotatable bonds is 5. The van der Waals surface area contributed by atoms with Crippen molar-refractivity contribution in [1.82, 2.24) is 5.32 Å². The zero-order valence-electron chi connectivity index (χ0n) is 11.2. The summed E-state index contributed by atoms with van der Waals surface area (Å²) in [4.78, 5) is 12.2. The van der Waals surface area contributed by atoms with E-state index in [0.29, 0.717) is 12.0 Å². The van der Waals surface area contributed by atoms with Gasteiger partial charge in [0.1, 0.15) is 5.75 Å². The van der Waals surface area contributed by atoms with Gasteiger partial charge in [-0.05, 0) is 50.5 Å². The maximum absolute atomic E-state index is 12.2. The van der Waals surface area contributed by atoms with Gasteiger partial charge in [0.15, 0.2) is 0 Å². The van der Waals surface area contributed by atoms with Gasteiger partial charge in [-0.15, -0.1) is 0 Å². The van der Waals surface area contributed by atoms with E-state index in [1.807, 2.05) is 13.8 Å². The molecular weight excluding hydrogens is 230 g/mol. The first-order chi connectivity index (χ1) is 8.41. The average Bonchev–Trinajstić information content (AvgIpc) is 2.28. The van der Waals surface area contributed by atoms with Crippen molar-refractivity contribution >= 4 is 5.91 Å². The number of phenolic OH excluding ortho intramolecular Hbond substituents is 1. The van der Waals surface area contributed by atoms with Gasteiger partial charge in [-0.3, -0.25) is 4.79 Å². The fourth-order valence-corrected chi connectivity index (χ4v) is 1.82. The zero-order chi connectivity index (χ0) is 13.8. The molecule has 0 aliphatic rings. The van der Waals surface area contributed by atoms with Gasteiger partial charge in [0.25, 0.3) is 5.91 Å². The lowest BCUT2D eigenvalue weighted by Gasteiger charge is -2.29. The van der Waals surface area contributed by atoms with Gasteiger partial charge in [0, 0.05) is 17.7 Å². The van der Waals surface area contributed by atoms with E-state index in [2.05, 4.69) is 5.32 Å². The third-order valence-electron chi connectivity index (χ3n) is 3.31. The Morgan fingerprint density at radius 2 is 2.11 bits per heavy atom. The van der Waals surface area contributed by atoms with Crippen LogP contribution in [0.1, 0.15) is 42.6 Å². The molecule has 0 aliphatic carbocycles. The number of aliphatic hydroxyl groups is 1. The second kappa shape index (κ2) is 5.87. The molecule has 0 aromatic heterocycles. The van der Waals surface area contributed by atoms with Crippen molar-refractivity contribution in [1.29, 1.82) is 0 Å². The molecule has 1 aromatic rings. The van der Waals surface area contributed by atoms with Crippen molar-refractivity contribution < 1.29 is 15.0 Å². The SMILES string of the molecule is CCC(C)(CCO)NC(=O)c1ccc(O)cc1C. The molecule has 0 bridgehead atoms. The molecular formula is C14H21NO3. The Kier molecular flexibility index (Phi) is 4.73. The molecule has 100 valence electrons. The molecule has 1 amide bonds. The first-order valence-corrected chi connectivity index (χ1v) is 6.15. The van der Waals surface area contributed by atoms with Crippen LogP contribution in [0.25, 0.3) is 0 Å². The second-order valence-corrected chi connectivity index (χ2v) is 4.84. The van der Waals surface area contributed by atoms with E-state index in [1.54, 1.807) is 19.1 Å². The van der Waals surface area contributed by atoms with E-state index in [1.165, 1.54) is 6.07 Å². The van der Waals surface area contributed by atoms with E-state index in [9.17, 15) is 9.90 Å². The van der Waals surface area contributed by atoms with Crippen LogP contribution in [-0.4, -0.2) is 28.3 Å². The smallest absolute Gasteiger partial charge is 0.251 e. The fraction of sp³-hybridized carbons (Fsp3) is 0.500. The molecule has 4 heteroatoms. The molecule has 0 saturated carbocycles. The Hall–Kier alpha value is -1.55. The number of aryl methyl sites for hydroxylation is 1. The second-order valence-electron chi connectivity index (χ2n) is 4.84. The van der Waals surface area contributed by atoms with Gasteiger partial charge in [0.2, 0.25) is 0 Å². The Bertz CT molecular complexity index is 431. The summed E-state index contributed by atoms with van der Waals surface area (Å²) >= 11 is 0. The number of carbonyl (C=O) groups is 1. The van der Waals surface area contributed by atoms with Crippen LogP contribution >= 0.6 is 0 Å². The van der Waals surface area contributed by atoms with Crippen molar-refractivity contribution in [2.24, 2.45) is 0 Å². The monoisotopic (exact) mass is 251 g/mol. The molecule has 0 heterocycles. The molecule has 4 nitrogen and oxygen atoms in total. The van der Waals surface area contributed by atoms with Crippen LogP contribution in [0, 0.1) is 6.92 Å². The van der Waals surface area contributed by atoms with Crippen molar-refractivity contribution in [2.45, 2.75) is 39.2 Å². The van der Waals surface area contributed by atoms with Crippen LogP contribution in [0.5, 0.6) is 5.75 Å². The Morgan fingerprint density at radius 1 is 1.44 bits per heavy atom. The highest BCUT2D eigenvalue weighted by Crippen LogP contribution is 2.19. The highest BCUT2D eigenvalue weighted by molar-refractivity contribution is 5.96. The van der Waals surface area contributed by atoms with E-state index in [-0.39, 0.29) is 18.3 Å². The molecule has 1 atom stereocenters. The summed E-state index contributed by atoms with van der Waals surface area (Å²) in [5, 5.41) is 21.3. The van der Waals surface area contributed by atoms with Gasteiger partial charge in [0.05, 0.1) is 0 Å². The normalized spacial score (nSPS) is 14.0. The molecule has 0 saturated heterocycles. The van der Waals surface area contributed by atoms with Crippen LogP contribution in [0.15, 0.2) is 18.2 Å². The number of nitrogens with one attached hydrogen (secondary N) is 1. The number of carbonyl (C=O) groups excluding carboxylic acids is 1. The quantitative estimate of drug-likeness (QED) is 0.749. The minimum absolute atomic E-state index is 0.0409. The van der Waals surface area contributed by atoms with Gasteiger partial charge in [-0.1, -0.05) is 6.92 Å². The first kappa shape index (κ1) is 14.5. The van der Waals surface area contributed by atoms with Crippen molar-refractivity contribution in [3.8, 4) is 5.75 Å². The standard InChI is InChI=1S/C14H21NO3/c1-4-14(3,7-8-16)15-13(18)12-6-5-11(17)9-10(12)2/h5-6,9,16-17H,4,7-8H2,1-3H3,(H,15,18). The predicted molar refractivity (Wildman–Crippen MR) is 70.7 cm³/mol. The number of hydrogen-bond acceptors (Lipinski definition) is 3. The van der Waals surface area contributed by atoms with E-state index in [0.717, 1.165) is 12.0 Å². The Morgan fingerprint density at radius 3 is 2.61 bits per heavy atom. The van der Waals surface area contributed by atoms with Crippen LogP contribution in [-0.2, 0) is 0 Å². The number of amides is 1. The minimum Gasteiger partial charge on any atom is -0.508 e. The van der Waals surface area contributed by atoms with E-state index >= 15 is 0 Å². The molecule has 1 rings (SSSR count). The molecule has 0 aliphatic heterocycles. The van der Waals surface area contributed by atoms with Gasteiger partial charge < -0.3 is 15.5 Å². The zero-order valence-corrected chi connectivity index (χ0v) is 11.2. The molecule has 3 N–H and O–H groups in total. The lowest BCUT2D eigenvalue weighted by atomic mass is 9.94. The largest absolute Gasteiger partial charge is 0.508 e. The third-order valence-corrected chi connectivity index (χ3v) is 3.31. The molecule has 0 fully saturated rings. The number of phenols is 1. The molecule has 0 spiro atoms. The maximum Gasteiger partial charge on any atom is 0.251 e. The lowest BCUT2D eigenvalue weighted by Crippen LogP contribution is -2.46. The Balaban J connectivity index is 2.87. The summed E-state index contributed by atoms with van der Waals surface area (Å²) in [6.45, 7) is 5.71. The third kappa shape index (κ3) is 3.47. The first-order valence-electron chi connectivity index (χ1n) is 6.15. The topological polar surface area (TPSA) is 69.6 Å². The average molecular weight is 251 g/mol. The van der Waals surface area contributed by atoms with Gasteiger partial charge in [-0.2, -0.15) is 0 Å². The van der Waals surface area contributed by atoms with Crippen LogP contribution in [0.3, 0.4) is 0 Å². The van der Waals surface area contributed by atoms with E-state index in [4.69, 9.17) is 5.11 Å². The minimum atomic E-state index is -0.407. The van der Waals surface area contributed by atoms with E-state index < -0.39 is 5.54 Å². The molecule has 1 aromatic carbocycles. The maximum atomic E-state index is 12.2. The Labute approximate surface area is 108 Å². The van der Waals surface area contributed by atoms with Crippen LogP contribution in [0.2, 0.25) is 0 Å². The number of benzene rings is 1. The van der Waals surface area contributed by atoms with Crippen molar-refractivity contribution in [3.63, 3.8) is 0 Å². The summed E-state index contributed by atoms with van der Waals surface area (Å²) < 4.78 is 0. The molecule has 1 unspecified atom stereocenters. The van der Waals surface area contributed by atoms with Crippen LogP contribution in [0.4, 0.5) is 0 Å². The summed E-state index contributed by atoms with van der Waals surface area (Å²) in [6.07, 6.45) is 1.27. The number of aromatic hydroxyl groups is 1.